The van der Waals surface area contributed by atoms with Crippen molar-refractivity contribution in [2.45, 2.75) is 39.3 Å². The molecule has 3 atom stereocenters. The van der Waals surface area contributed by atoms with Gasteiger partial charge >= 0.3 is 0 Å². The first-order chi connectivity index (χ1) is 15.2. The molecule has 0 bridgehead atoms. The Balaban J connectivity index is 2.44. The second-order valence-corrected chi connectivity index (χ2v) is 8.19. The van der Waals surface area contributed by atoms with Gasteiger partial charge in [0.1, 0.15) is 19.0 Å². The van der Waals surface area contributed by atoms with E-state index in [1.807, 2.05) is 13.8 Å². The fourth-order valence-corrected chi connectivity index (χ4v) is 3.66. The number of carbonyl (C=O) groups is 3. The Labute approximate surface area is 190 Å². The molecule has 0 saturated carbocycles. The molecule has 3 amide bonds. The molecule has 1 heterocycles. The smallest absolute Gasteiger partial charge is 0.257 e. The van der Waals surface area contributed by atoms with Crippen LogP contribution in [0.5, 0.6) is 5.75 Å². The van der Waals surface area contributed by atoms with Crippen molar-refractivity contribution in [3.63, 3.8) is 0 Å². The topological polar surface area (TPSA) is 97.4 Å². The molecule has 9 nitrogen and oxygen atoms in total. The number of fused-ring (bicyclic) bond motifs is 1. The Morgan fingerprint density at radius 1 is 1.22 bits per heavy atom. The standard InChI is InChI=1S/C23H35N3O6/c1-7-21(27)24-17-8-9-19-18(10-17)23(29)25(4)12-20(31-6)15(2)11-26(16(3)13-32-19)22(28)14-30-5/h8-10,15-16,20H,7,11-14H2,1-6H3,(H,24,27)/t15-,16-,20-/m1/s1. The van der Waals surface area contributed by atoms with Crippen molar-refractivity contribution in [2.24, 2.45) is 5.92 Å². The molecule has 2 rings (SSSR count). The monoisotopic (exact) mass is 449 g/mol. The van der Waals surface area contributed by atoms with E-state index in [0.717, 1.165) is 0 Å². The summed E-state index contributed by atoms with van der Waals surface area (Å²) in [6, 6.07) is 4.74. The van der Waals surface area contributed by atoms with Gasteiger partial charge in [-0.1, -0.05) is 13.8 Å². The molecule has 1 aromatic carbocycles. The largest absolute Gasteiger partial charge is 0.491 e. The maximum absolute atomic E-state index is 13.3. The molecule has 0 aliphatic carbocycles. The predicted octanol–water partition coefficient (Wildman–Crippen LogP) is 2.01. The number of anilines is 1. The Morgan fingerprint density at radius 3 is 2.56 bits per heavy atom. The lowest BCUT2D eigenvalue weighted by molar-refractivity contribution is -0.139. The molecule has 1 aliphatic heterocycles. The lowest BCUT2D eigenvalue weighted by atomic mass is 10.0. The van der Waals surface area contributed by atoms with E-state index >= 15 is 0 Å². The van der Waals surface area contributed by atoms with Gasteiger partial charge in [-0.05, 0) is 25.1 Å². The molecule has 0 aromatic heterocycles. The van der Waals surface area contributed by atoms with Gasteiger partial charge < -0.3 is 29.3 Å². The van der Waals surface area contributed by atoms with E-state index in [1.165, 1.54) is 7.11 Å². The molecule has 178 valence electrons. The Bertz CT molecular complexity index is 815. The molecule has 1 aliphatic rings. The molecule has 1 N–H and O–H groups in total. The number of rotatable bonds is 5. The molecule has 32 heavy (non-hydrogen) atoms. The van der Waals surface area contributed by atoms with Crippen LogP contribution in [0.25, 0.3) is 0 Å². The number of nitrogens with one attached hydrogen (secondary N) is 1. The summed E-state index contributed by atoms with van der Waals surface area (Å²) in [7, 11) is 4.79. The van der Waals surface area contributed by atoms with E-state index in [4.69, 9.17) is 14.2 Å². The zero-order valence-corrected chi connectivity index (χ0v) is 19.8. The minimum Gasteiger partial charge on any atom is -0.491 e. The molecule has 9 heteroatoms. The van der Waals surface area contributed by atoms with Gasteiger partial charge in [0, 0.05) is 52.4 Å². The van der Waals surface area contributed by atoms with E-state index in [-0.39, 0.29) is 49.0 Å². The summed E-state index contributed by atoms with van der Waals surface area (Å²) >= 11 is 0. The van der Waals surface area contributed by atoms with Crippen LogP contribution < -0.4 is 10.1 Å². The van der Waals surface area contributed by atoms with Crippen LogP contribution in [0.1, 0.15) is 37.6 Å². The van der Waals surface area contributed by atoms with Crippen molar-refractivity contribution >= 4 is 23.4 Å². The lowest BCUT2D eigenvalue weighted by Crippen LogP contribution is -2.49. The van der Waals surface area contributed by atoms with Crippen molar-refractivity contribution < 1.29 is 28.6 Å². The maximum Gasteiger partial charge on any atom is 0.257 e. The van der Waals surface area contributed by atoms with Gasteiger partial charge in [0.05, 0.1) is 17.7 Å². The molecule has 0 spiro atoms. The molecule has 0 radical (unpaired) electrons. The number of benzene rings is 1. The molecule has 0 unspecified atom stereocenters. The summed E-state index contributed by atoms with van der Waals surface area (Å²) < 4.78 is 16.7. The summed E-state index contributed by atoms with van der Waals surface area (Å²) in [5.74, 6) is -0.154. The van der Waals surface area contributed by atoms with Gasteiger partial charge in [0.15, 0.2) is 0 Å². The third-order valence-corrected chi connectivity index (χ3v) is 5.64. The van der Waals surface area contributed by atoms with Crippen LogP contribution in [0.15, 0.2) is 18.2 Å². The van der Waals surface area contributed by atoms with E-state index in [2.05, 4.69) is 5.32 Å². The van der Waals surface area contributed by atoms with E-state index < -0.39 is 0 Å². The second-order valence-electron chi connectivity index (χ2n) is 8.19. The highest BCUT2D eigenvalue weighted by Gasteiger charge is 2.30. The number of carbonyl (C=O) groups excluding carboxylic acids is 3. The number of ether oxygens (including phenoxy) is 3. The fraction of sp³-hybridized carbons (Fsp3) is 0.609. The zero-order chi connectivity index (χ0) is 23.8. The predicted molar refractivity (Wildman–Crippen MR) is 121 cm³/mol. The van der Waals surface area contributed by atoms with Gasteiger partial charge in [0.2, 0.25) is 11.8 Å². The first kappa shape index (κ1) is 25.6. The van der Waals surface area contributed by atoms with Crippen LogP contribution in [0, 0.1) is 5.92 Å². The van der Waals surface area contributed by atoms with Crippen LogP contribution in [0.2, 0.25) is 0 Å². The van der Waals surface area contributed by atoms with Crippen molar-refractivity contribution in [1.82, 2.24) is 9.80 Å². The molecular formula is C23H35N3O6. The van der Waals surface area contributed by atoms with Gasteiger partial charge in [-0.2, -0.15) is 0 Å². The highest BCUT2D eigenvalue weighted by Crippen LogP contribution is 2.26. The first-order valence-electron chi connectivity index (χ1n) is 10.8. The van der Waals surface area contributed by atoms with Crippen LogP contribution in [-0.4, -0.2) is 87.2 Å². The third kappa shape index (κ3) is 6.43. The van der Waals surface area contributed by atoms with Gasteiger partial charge in [-0.25, -0.2) is 0 Å². The van der Waals surface area contributed by atoms with Crippen LogP contribution in [0.4, 0.5) is 5.69 Å². The molecule has 0 fully saturated rings. The van der Waals surface area contributed by atoms with Crippen LogP contribution in [-0.2, 0) is 19.1 Å². The quantitative estimate of drug-likeness (QED) is 0.739. The first-order valence-corrected chi connectivity index (χ1v) is 10.8. The minimum absolute atomic E-state index is 0.0236. The average molecular weight is 450 g/mol. The summed E-state index contributed by atoms with van der Waals surface area (Å²) in [4.78, 5) is 41.1. The second kappa shape index (κ2) is 11.8. The lowest BCUT2D eigenvalue weighted by Gasteiger charge is -2.36. The highest BCUT2D eigenvalue weighted by molar-refractivity contribution is 5.99. The van der Waals surface area contributed by atoms with Crippen molar-refractivity contribution in [3.8, 4) is 5.75 Å². The number of nitrogens with zero attached hydrogens (tertiary/aromatic N) is 2. The SMILES string of the molecule is CCC(=O)Nc1ccc2c(c1)C(=O)N(C)C[C@@H](OC)[C@H](C)CN(C(=O)COC)[C@H](C)CO2. The molecular weight excluding hydrogens is 414 g/mol. The number of hydrogen-bond donors (Lipinski definition) is 1. The maximum atomic E-state index is 13.3. The number of likely N-dealkylation sites (N-methyl/N-ethyl adjacent to an activating group) is 1. The zero-order valence-electron chi connectivity index (χ0n) is 19.8. The van der Waals surface area contributed by atoms with E-state index in [9.17, 15) is 14.4 Å². The van der Waals surface area contributed by atoms with E-state index in [0.29, 0.717) is 36.5 Å². The van der Waals surface area contributed by atoms with Gasteiger partial charge in [-0.3, -0.25) is 14.4 Å². The van der Waals surface area contributed by atoms with Gasteiger partial charge in [0.25, 0.3) is 5.91 Å². The summed E-state index contributed by atoms with van der Waals surface area (Å²) in [6.07, 6.45) is 0.0540. The third-order valence-electron chi connectivity index (χ3n) is 5.64. The van der Waals surface area contributed by atoms with Crippen molar-refractivity contribution in [1.29, 1.82) is 0 Å². The van der Waals surface area contributed by atoms with Crippen molar-refractivity contribution in [2.75, 3.05) is 52.9 Å². The molecule has 1 aromatic rings. The summed E-state index contributed by atoms with van der Waals surface area (Å²) in [5, 5.41) is 2.78. The molecule has 0 saturated heterocycles. The average Bonchev–Trinajstić information content (AvgIpc) is 2.78. The Kier molecular flexibility index (Phi) is 9.46. The summed E-state index contributed by atoms with van der Waals surface area (Å²) in [5.41, 5.74) is 0.862. The highest BCUT2D eigenvalue weighted by atomic mass is 16.5. The van der Waals surface area contributed by atoms with Crippen LogP contribution in [0.3, 0.4) is 0 Å². The number of hydrogen-bond acceptors (Lipinski definition) is 6. The van der Waals surface area contributed by atoms with Gasteiger partial charge in [-0.15, -0.1) is 0 Å². The Morgan fingerprint density at radius 2 is 1.94 bits per heavy atom. The number of amides is 3. The van der Waals surface area contributed by atoms with Crippen LogP contribution >= 0.6 is 0 Å². The fourth-order valence-electron chi connectivity index (χ4n) is 3.66. The number of methoxy groups -OCH3 is 2. The van der Waals surface area contributed by atoms with E-state index in [1.54, 1.807) is 49.1 Å². The normalized spacial score (nSPS) is 22.3. The van der Waals surface area contributed by atoms with Crippen molar-refractivity contribution in [3.05, 3.63) is 23.8 Å². The summed E-state index contributed by atoms with van der Waals surface area (Å²) in [6.45, 7) is 6.61. The minimum atomic E-state index is -0.277. The Hall–Kier alpha value is -2.65.